The van der Waals surface area contributed by atoms with Gasteiger partial charge in [-0.25, -0.2) is 0 Å². The van der Waals surface area contributed by atoms with Gasteiger partial charge in [0.25, 0.3) is 0 Å². The molecule has 7 atom stereocenters. The highest BCUT2D eigenvalue weighted by Crippen LogP contribution is 2.55. The molecule has 7 nitrogen and oxygen atoms in total. The van der Waals surface area contributed by atoms with Gasteiger partial charge in [0, 0.05) is 31.5 Å². The minimum atomic E-state index is -0.702. The standard InChI is InChI=1S/2C15H22O.5C10H18O/c1-10(2)13-5-6-15(9-13)11(3)7-14(16)8-12(15)4;1-13(2)6-4-7-14(3)8-5-9-15-10-11-16-12-15;1-9(2)8-4-6-10(3,11-9)7-5-8;1-8(2)9-4-5-10(9,3)6-7-11;1-8(2)5-6-10(7-11)9(3)4;1-6-9(7-8(2)3)10(4,5)11;1-5-10(4,11)8-6-7-9(2)3/h7,12H,5-6,8-9H2,1-4H3;6,8,10-12H,4-5,7,9H2,1-3H3;8H,4-7H2,1-3H3;9,11H,1,4-7H2,2-3H3;5,10-11H,3,6-7H2,1-2,4H3;6-7,9,11H,1H2,2-5H3;5,7,11H,1,6,8H2,2-4H3/b;14-8+;;;;;. The average molecular weight is 1210 g/mol. The molecule has 2 aliphatic heterocycles. The first-order valence-corrected chi connectivity index (χ1v) is 33.2. The highest BCUT2D eigenvalue weighted by atomic mass is 16.5. The Morgan fingerprint density at radius 2 is 1.37 bits per heavy atom. The topological polar surface area (TPSA) is 120 Å². The molecule has 3 saturated carbocycles. The molecule has 87 heavy (non-hydrogen) atoms. The van der Waals surface area contributed by atoms with Crippen molar-refractivity contribution in [3.05, 3.63) is 155 Å². The molecule has 6 aliphatic rings. The van der Waals surface area contributed by atoms with Crippen molar-refractivity contribution in [2.24, 2.45) is 40.4 Å². The molecule has 0 radical (unpaired) electrons. The van der Waals surface area contributed by atoms with Crippen molar-refractivity contribution in [1.82, 2.24) is 0 Å². The Bertz CT molecular complexity index is 2440. The van der Waals surface area contributed by atoms with E-state index in [9.17, 15) is 15.0 Å². The number of aryl methyl sites for hydroxylation is 1. The third-order valence-corrected chi connectivity index (χ3v) is 18.9. The molecule has 7 rings (SSSR count). The first-order chi connectivity index (χ1) is 40.2. The van der Waals surface area contributed by atoms with Gasteiger partial charge in [-0.2, -0.15) is 0 Å². The van der Waals surface area contributed by atoms with Gasteiger partial charge in [-0.3, -0.25) is 4.79 Å². The Hall–Kier alpha value is -4.11. The summed E-state index contributed by atoms with van der Waals surface area (Å²) in [6.07, 6.45) is 40.0. The zero-order valence-electron chi connectivity index (χ0n) is 60.2. The number of furan rings is 1. The van der Waals surface area contributed by atoms with Gasteiger partial charge in [0.1, 0.15) is 0 Å². The minimum Gasteiger partial charge on any atom is -0.472 e. The van der Waals surface area contributed by atoms with Crippen LogP contribution in [-0.2, 0) is 16.0 Å². The summed E-state index contributed by atoms with van der Waals surface area (Å²) in [6.45, 7) is 61.6. The Labute approximate surface area is 536 Å². The third-order valence-electron chi connectivity index (χ3n) is 18.9. The Morgan fingerprint density at radius 1 is 0.782 bits per heavy atom. The van der Waals surface area contributed by atoms with Gasteiger partial charge in [-0.05, 0) is 294 Å². The van der Waals surface area contributed by atoms with Crippen molar-refractivity contribution < 1.29 is 34.4 Å². The maximum absolute atomic E-state index is 11.6. The van der Waals surface area contributed by atoms with Gasteiger partial charge in [0.2, 0.25) is 0 Å². The summed E-state index contributed by atoms with van der Waals surface area (Å²) in [7, 11) is 0. The maximum atomic E-state index is 11.6. The maximum Gasteiger partial charge on any atom is 0.155 e. The predicted octanol–water partition coefficient (Wildman–Crippen LogP) is 21.8. The van der Waals surface area contributed by atoms with Crippen molar-refractivity contribution in [3.8, 4) is 0 Å². The van der Waals surface area contributed by atoms with E-state index in [4.69, 9.17) is 19.4 Å². The first-order valence-electron chi connectivity index (χ1n) is 33.2. The van der Waals surface area contributed by atoms with Gasteiger partial charge in [-0.1, -0.05) is 125 Å². The zero-order valence-corrected chi connectivity index (χ0v) is 60.2. The molecular weight excluding hydrogens is 1070 g/mol. The second-order valence-electron chi connectivity index (χ2n) is 29.7. The molecule has 5 fully saturated rings. The zero-order chi connectivity index (χ0) is 67.1. The second-order valence-corrected chi connectivity index (χ2v) is 29.7. The molecule has 1 aromatic rings. The van der Waals surface area contributed by atoms with Crippen LogP contribution >= 0.6 is 0 Å². The van der Waals surface area contributed by atoms with Gasteiger partial charge >= 0.3 is 0 Å². The molecule has 0 aromatic carbocycles. The fourth-order valence-electron chi connectivity index (χ4n) is 12.5. The van der Waals surface area contributed by atoms with Crippen LogP contribution in [0.25, 0.3) is 0 Å². The number of rotatable bonds is 20. The molecule has 2 bridgehead atoms. The molecule has 2 saturated heterocycles. The number of hydrogen-bond donors (Lipinski definition) is 4. The van der Waals surface area contributed by atoms with Crippen molar-refractivity contribution in [2.75, 3.05) is 13.2 Å². The molecule has 7 heteroatoms. The first kappa shape index (κ1) is 82.9. The summed E-state index contributed by atoms with van der Waals surface area (Å²) in [5, 5.41) is 36.9. The lowest BCUT2D eigenvalue weighted by atomic mass is 9.57. The van der Waals surface area contributed by atoms with Gasteiger partial charge < -0.3 is 29.6 Å². The normalized spacial score (nSPS) is 24.4. The van der Waals surface area contributed by atoms with E-state index in [1.54, 1.807) is 44.8 Å². The van der Waals surface area contributed by atoms with Crippen LogP contribution in [0.1, 0.15) is 267 Å². The molecule has 4 aliphatic carbocycles. The van der Waals surface area contributed by atoms with Gasteiger partial charge in [-0.15, -0.1) is 13.2 Å². The number of aliphatic hydroxyl groups excluding tert-OH is 2. The van der Waals surface area contributed by atoms with Crippen LogP contribution in [0.4, 0.5) is 0 Å². The SMILES string of the molecule is C=C(C)C(CO)CC=C(C)C.C=C(C)C1CCC1(C)CCO.C=CC(C)(O)CCC=C(C)C.C=CC(C=C(C)C)C(C)(C)O.CC(C)=CCC/C(C)=C/CCc1ccoc1.CC12CCC(CC1)C(C)(C)O2.CC1=CC(=O)CC(C)C12CCC(=C(C)C)C2. The molecular formula is C80H134O7. The highest BCUT2D eigenvalue weighted by Gasteiger charge is 2.48. The third kappa shape index (κ3) is 32.5. The van der Waals surface area contributed by atoms with Crippen LogP contribution in [0.5, 0.6) is 0 Å². The lowest BCUT2D eigenvalue weighted by molar-refractivity contribution is -0.229. The lowest BCUT2D eigenvalue weighted by Gasteiger charge is -2.54. The molecule has 496 valence electrons. The van der Waals surface area contributed by atoms with Crippen molar-refractivity contribution in [3.63, 3.8) is 0 Å². The fraction of sp³-hybridized carbons (Fsp3) is 0.662. The Kier molecular flexibility index (Phi) is 38.0. The Morgan fingerprint density at radius 3 is 1.74 bits per heavy atom. The van der Waals surface area contributed by atoms with Gasteiger partial charge in [0.05, 0.1) is 34.9 Å². The second kappa shape index (κ2) is 39.9. The molecule has 1 aromatic heterocycles. The number of carbonyl (C=O) groups is 1. The van der Waals surface area contributed by atoms with E-state index in [-0.39, 0.29) is 29.6 Å². The van der Waals surface area contributed by atoms with E-state index in [2.05, 4.69) is 161 Å². The summed E-state index contributed by atoms with van der Waals surface area (Å²) in [5.74, 6) is 2.61. The van der Waals surface area contributed by atoms with Crippen molar-refractivity contribution >= 4 is 5.78 Å². The van der Waals surface area contributed by atoms with E-state index in [0.717, 1.165) is 62.9 Å². The summed E-state index contributed by atoms with van der Waals surface area (Å²) in [5.41, 5.74) is 14.4. The van der Waals surface area contributed by atoms with E-state index in [1.165, 1.54) is 114 Å². The summed E-state index contributed by atoms with van der Waals surface area (Å²) in [4.78, 5) is 11.6. The van der Waals surface area contributed by atoms with E-state index < -0.39 is 11.2 Å². The average Bonchev–Trinajstić information content (AvgIpc) is 1.81. The summed E-state index contributed by atoms with van der Waals surface area (Å²) >= 11 is 0. The van der Waals surface area contributed by atoms with Crippen LogP contribution in [0.2, 0.25) is 0 Å². The molecule has 7 unspecified atom stereocenters. The van der Waals surface area contributed by atoms with Crippen LogP contribution < -0.4 is 0 Å². The number of aliphatic hydroxyl groups is 4. The van der Waals surface area contributed by atoms with Crippen molar-refractivity contribution in [1.29, 1.82) is 0 Å². The van der Waals surface area contributed by atoms with Crippen molar-refractivity contribution in [2.45, 2.75) is 290 Å². The van der Waals surface area contributed by atoms with E-state index in [0.29, 0.717) is 35.1 Å². The number of carbonyl (C=O) groups excluding carboxylic acids is 1. The quantitative estimate of drug-likeness (QED) is 0.0960. The number of fused-ring (bicyclic) bond motifs is 3. The minimum absolute atomic E-state index is 0.0486. The molecule has 0 amide bonds. The van der Waals surface area contributed by atoms with Crippen LogP contribution in [0.3, 0.4) is 0 Å². The molecule has 4 N–H and O–H groups in total. The predicted molar refractivity (Wildman–Crippen MR) is 378 cm³/mol. The number of allylic oxidation sites excluding steroid dienone is 14. The van der Waals surface area contributed by atoms with E-state index in [1.807, 2.05) is 45.3 Å². The molecule has 3 heterocycles. The van der Waals surface area contributed by atoms with Gasteiger partial charge in [0.15, 0.2) is 5.78 Å². The summed E-state index contributed by atoms with van der Waals surface area (Å²) < 4.78 is 11.1. The summed E-state index contributed by atoms with van der Waals surface area (Å²) in [6, 6.07) is 2.03. The van der Waals surface area contributed by atoms with Crippen LogP contribution in [-0.4, -0.2) is 61.8 Å². The Balaban J connectivity index is 0.000000999. The smallest absolute Gasteiger partial charge is 0.155 e. The number of hydrogen-bond acceptors (Lipinski definition) is 7. The van der Waals surface area contributed by atoms with Crippen LogP contribution in [0.15, 0.2) is 154 Å². The number of ketones is 1. The highest BCUT2D eigenvalue weighted by molar-refractivity contribution is 5.92. The molecule has 1 spiro atoms. The number of ether oxygens (including phenoxy) is 1. The fourth-order valence-corrected chi connectivity index (χ4v) is 12.5. The van der Waals surface area contributed by atoms with Crippen LogP contribution in [0, 0.1) is 40.4 Å². The monoisotopic (exact) mass is 1210 g/mol. The van der Waals surface area contributed by atoms with E-state index >= 15 is 0 Å². The largest absolute Gasteiger partial charge is 0.472 e. The lowest BCUT2D eigenvalue weighted by Crippen LogP contribution is -2.53.